The largest absolute Gasteiger partial charge is 0.487 e. The molecule has 0 aliphatic heterocycles. The standard InChI is InChI=1S/C20H34O3/c1-4-6-8-10-15-22-20(21)17(3)23-16-19-14-11-13-18(19)12-9-7-5-2/h6,8,16-18H,4-5,7,9-15H2,1-3H3/b8-6-,19-16?. The van der Waals surface area contributed by atoms with Crippen LogP contribution < -0.4 is 0 Å². The zero-order valence-electron chi connectivity index (χ0n) is 15.2. The maximum absolute atomic E-state index is 11.9. The molecule has 23 heavy (non-hydrogen) atoms. The third kappa shape index (κ3) is 8.24. The second-order valence-corrected chi connectivity index (χ2v) is 6.39. The molecule has 0 N–H and O–H groups in total. The van der Waals surface area contributed by atoms with Crippen molar-refractivity contribution in [1.29, 1.82) is 0 Å². The summed E-state index contributed by atoms with van der Waals surface area (Å²) in [4.78, 5) is 11.9. The third-order valence-electron chi connectivity index (χ3n) is 4.39. The predicted octanol–water partition coefficient (Wildman–Crippen LogP) is 5.56. The second kappa shape index (κ2) is 12.2. The van der Waals surface area contributed by atoms with Gasteiger partial charge in [-0.3, -0.25) is 0 Å². The van der Waals surface area contributed by atoms with Crippen molar-refractivity contribution in [3.8, 4) is 0 Å². The summed E-state index contributed by atoms with van der Waals surface area (Å²) in [6.07, 6.45) is 16.0. The van der Waals surface area contributed by atoms with Crippen molar-refractivity contribution in [3.05, 3.63) is 24.0 Å². The fourth-order valence-electron chi connectivity index (χ4n) is 2.94. The molecule has 0 saturated heterocycles. The lowest BCUT2D eigenvalue weighted by Gasteiger charge is -2.14. The molecule has 0 bridgehead atoms. The van der Waals surface area contributed by atoms with E-state index in [0.717, 1.165) is 19.3 Å². The average Bonchev–Trinajstić information content (AvgIpc) is 3.00. The van der Waals surface area contributed by atoms with Gasteiger partial charge in [-0.1, -0.05) is 45.3 Å². The van der Waals surface area contributed by atoms with E-state index in [1.807, 2.05) is 12.3 Å². The van der Waals surface area contributed by atoms with Crippen molar-refractivity contribution >= 4 is 5.97 Å². The molecule has 0 aromatic rings. The van der Waals surface area contributed by atoms with Crippen LogP contribution in [0.15, 0.2) is 24.0 Å². The lowest BCUT2D eigenvalue weighted by atomic mass is 9.96. The zero-order valence-corrected chi connectivity index (χ0v) is 15.2. The highest BCUT2D eigenvalue weighted by atomic mass is 16.6. The van der Waals surface area contributed by atoms with Crippen LogP contribution in [0.3, 0.4) is 0 Å². The van der Waals surface area contributed by atoms with Gasteiger partial charge in [0.2, 0.25) is 0 Å². The van der Waals surface area contributed by atoms with Crippen LogP contribution in [0.25, 0.3) is 0 Å². The summed E-state index contributed by atoms with van der Waals surface area (Å²) in [7, 11) is 0. The van der Waals surface area contributed by atoms with Gasteiger partial charge in [-0.15, -0.1) is 0 Å². The van der Waals surface area contributed by atoms with Gasteiger partial charge in [0.1, 0.15) is 0 Å². The molecule has 1 fully saturated rings. The van der Waals surface area contributed by atoms with E-state index in [1.165, 1.54) is 44.1 Å². The number of rotatable bonds is 11. The molecule has 2 atom stereocenters. The second-order valence-electron chi connectivity index (χ2n) is 6.39. The van der Waals surface area contributed by atoms with Crippen LogP contribution in [0.2, 0.25) is 0 Å². The van der Waals surface area contributed by atoms with Gasteiger partial charge in [0.05, 0.1) is 12.9 Å². The molecule has 1 saturated carbocycles. The van der Waals surface area contributed by atoms with E-state index in [1.54, 1.807) is 6.92 Å². The maximum Gasteiger partial charge on any atom is 0.347 e. The molecule has 1 aliphatic rings. The molecule has 3 nitrogen and oxygen atoms in total. The van der Waals surface area contributed by atoms with Gasteiger partial charge in [-0.05, 0) is 56.9 Å². The van der Waals surface area contributed by atoms with Crippen LogP contribution in [0.1, 0.15) is 78.6 Å². The van der Waals surface area contributed by atoms with Gasteiger partial charge in [-0.25, -0.2) is 4.79 Å². The Hall–Kier alpha value is -1.25. The zero-order chi connectivity index (χ0) is 16.9. The molecule has 1 aliphatic carbocycles. The summed E-state index contributed by atoms with van der Waals surface area (Å²) in [5.74, 6) is 0.385. The molecule has 0 heterocycles. The van der Waals surface area contributed by atoms with Crippen LogP contribution in [0.4, 0.5) is 0 Å². The summed E-state index contributed by atoms with van der Waals surface area (Å²) >= 11 is 0. The Labute approximate surface area is 142 Å². The van der Waals surface area contributed by atoms with E-state index >= 15 is 0 Å². The number of allylic oxidation sites excluding steroid dienone is 2. The fourth-order valence-corrected chi connectivity index (χ4v) is 2.94. The first kappa shape index (κ1) is 19.8. The van der Waals surface area contributed by atoms with Crippen LogP contribution in [0, 0.1) is 5.92 Å². The number of esters is 1. The Kier molecular flexibility index (Phi) is 10.5. The predicted molar refractivity (Wildman–Crippen MR) is 95.1 cm³/mol. The van der Waals surface area contributed by atoms with Crippen LogP contribution in [-0.4, -0.2) is 18.7 Å². The van der Waals surface area contributed by atoms with Gasteiger partial charge in [0, 0.05) is 0 Å². The minimum Gasteiger partial charge on any atom is -0.487 e. The Bertz CT molecular complexity index is 384. The molecule has 1 rings (SSSR count). The first-order valence-corrected chi connectivity index (χ1v) is 9.35. The molecule has 2 unspecified atom stereocenters. The number of unbranched alkanes of at least 4 members (excludes halogenated alkanes) is 2. The smallest absolute Gasteiger partial charge is 0.347 e. The van der Waals surface area contributed by atoms with Crippen molar-refractivity contribution in [3.63, 3.8) is 0 Å². The fraction of sp³-hybridized carbons (Fsp3) is 0.750. The minimum atomic E-state index is -0.519. The van der Waals surface area contributed by atoms with Crippen molar-refractivity contribution in [2.24, 2.45) is 5.92 Å². The Balaban J connectivity index is 2.30. The highest BCUT2D eigenvalue weighted by Crippen LogP contribution is 2.34. The SMILES string of the molecule is CC/C=C\CCOC(=O)C(C)OC=C1CCCC1CCCCC. The van der Waals surface area contributed by atoms with E-state index in [4.69, 9.17) is 9.47 Å². The number of hydrogen-bond acceptors (Lipinski definition) is 3. The third-order valence-corrected chi connectivity index (χ3v) is 4.39. The number of hydrogen-bond donors (Lipinski definition) is 0. The molecule has 0 aromatic carbocycles. The quantitative estimate of drug-likeness (QED) is 0.216. The highest BCUT2D eigenvalue weighted by Gasteiger charge is 2.22. The minimum absolute atomic E-state index is 0.271. The summed E-state index contributed by atoms with van der Waals surface area (Å²) in [6.45, 7) is 6.52. The summed E-state index contributed by atoms with van der Waals surface area (Å²) in [5, 5.41) is 0. The van der Waals surface area contributed by atoms with Crippen molar-refractivity contribution < 1.29 is 14.3 Å². The molecule has 0 radical (unpaired) electrons. The van der Waals surface area contributed by atoms with Crippen molar-refractivity contribution in [1.82, 2.24) is 0 Å². The number of carbonyl (C=O) groups excluding carboxylic acids is 1. The Morgan fingerprint density at radius 1 is 1.30 bits per heavy atom. The molecular formula is C20H34O3. The molecule has 3 heteroatoms. The normalized spacial score (nSPS) is 21.0. The van der Waals surface area contributed by atoms with Crippen molar-refractivity contribution in [2.45, 2.75) is 84.7 Å². The van der Waals surface area contributed by atoms with E-state index in [-0.39, 0.29) is 5.97 Å². The summed E-state index contributed by atoms with van der Waals surface area (Å²) in [5.41, 5.74) is 1.38. The van der Waals surface area contributed by atoms with E-state index in [0.29, 0.717) is 12.5 Å². The molecule has 0 aromatic heterocycles. The van der Waals surface area contributed by atoms with Crippen molar-refractivity contribution in [2.75, 3.05) is 6.61 Å². The van der Waals surface area contributed by atoms with Gasteiger partial charge < -0.3 is 9.47 Å². The van der Waals surface area contributed by atoms with Gasteiger partial charge in [-0.2, -0.15) is 0 Å². The number of ether oxygens (including phenoxy) is 2. The van der Waals surface area contributed by atoms with Crippen LogP contribution in [0.5, 0.6) is 0 Å². The molecular weight excluding hydrogens is 288 g/mol. The van der Waals surface area contributed by atoms with E-state index < -0.39 is 6.10 Å². The molecule has 0 amide bonds. The first-order chi connectivity index (χ1) is 11.2. The van der Waals surface area contributed by atoms with Gasteiger partial charge in [0.25, 0.3) is 0 Å². The monoisotopic (exact) mass is 322 g/mol. The highest BCUT2D eigenvalue weighted by molar-refractivity contribution is 5.74. The van der Waals surface area contributed by atoms with E-state index in [9.17, 15) is 4.79 Å². The molecule has 0 spiro atoms. The Morgan fingerprint density at radius 2 is 2.13 bits per heavy atom. The topological polar surface area (TPSA) is 35.5 Å². The lowest BCUT2D eigenvalue weighted by molar-refractivity contribution is -0.152. The molecule has 132 valence electrons. The maximum atomic E-state index is 11.9. The number of carbonyl (C=O) groups is 1. The average molecular weight is 322 g/mol. The van der Waals surface area contributed by atoms with E-state index in [2.05, 4.69) is 19.9 Å². The van der Waals surface area contributed by atoms with Gasteiger partial charge >= 0.3 is 5.97 Å². The first-order valence-electron chi connectivity index (χ1n) is 9.35. The Morgan fingerprint density at radius 3 is 2.87 bits per heavy atom. The van der Waals surface area contributed by atoms with Crippen LogP contribution >= 0.6 is 0 Å². The van der Waals surface area contributed by atoms with Gasteiger partial charge in [0.15, 0.2) is 6.10 Å². The summed E-state index contributed by atoms with van der Waals surface area (Å²) in [6, 6.07) is 0. The van der Waals surface area contributed by atoms with Crippen LogP contribution in [-0.2, 0) is 14.3 Å². The lowest BCUT2D eigenvalue weighted by Crippen LogP contribution is -2.22. The summed E-state index contributed by atoms with van der Waals surface area (Å²) < 4.78 is 10.9.